The van der Waals surface area contributed by atoms with Crippen LogP contribution < -0.4 is 0 Å². The van der Waals surface area contributed by atoms with E-state index in [2.05, 4.69) is 19.1 Å². The molecule has 3 heteroatoms. The van der Waals surface area contributed by atoms with Gasteiger partial charge in [-0.15, -0.1) is 0 Å². The van der Waals surface area contributed by atoms with E-state index in [9.17, 15) is 4.79 Å². The highest BCUT2D eigenvalue weighted by Gasteiger charge is 2.19. The van der Waals surface area contributed by atoms with Gasteiger partial charge < -0.3 is 9.47 Å². The molecule has 0 radical (unpaired) electrons. The Hall–Kier alpha value is -0.830. The standard InChI is InChI=1S/C22H40O3/c1-2-3-4-5-6-7-8-9-10-11-12-13-14-15-16-17-22(23)25-20-21-18-24-19-21/h9-10,21H,2-8,11-20H2,1H3/b10-9-. The van der Waals surface area contributed by atoms with Crippen molar-refractivity contribution >= 4 is 5.97 Å². The Kier molecular flexibility index (Phi) is 14.8. The average Bonchev–Trinajstić information content (AvgIpc) is 2.57. The fourth-order valence-corrected chi connectivity index (χ4v) is 3.00. The van der Waals surface area contributed by atoms with Crippen LogP contribution in [0, 0.1) is 5.92 Å². The summed E-state index contributed by atoms with van der Waals surface area (Å²) in [6.07, 6.45) is 21.9. The van der Waals surface area contributed by atoms with Gasteiger partial charge in [0.1, 0.15) is 0 Å². The van der Waals surface area contributed by atoms with E-state index in [4.69, 9.17) is 9.47 Å². The van der Waals surface area contributed by atoms with Crippen LogP contribution in [0.5, 0.6) is 0 Å². The molecule has 1 heterocycles. The van der Waals surface area contributed by atoms with E-state index in [0.29, 0.717) is 18.9 Å². The van der Waals surface area contributed by atoms with Crippen molar-refractivity contribution in [2.45, 2.75) is 96.8 Å². The normalized spacial score (nSPS) is 14.8. The number of carbonyl (C=O) groups is 1. The third-order valence-electron chi connectivity index (χ3n) is 4.83. The van der Waals surface area contributed by atoms with Crippen molar-refractivity contribution in [1.29, 1.82) is 0 Å². The Morgan fingerprint density at radius 2 is 1.44 bits per heavy atom. The molecule has 0 spiro atoms. The molecule has 1 aliphatic heterocycles. The maximum atomic E-state index is 11.5. The fourth-order valence-electron chi connectivity index (χ4n) is 3.00. The van der Waals surface area contributed by atoms with Gasteiger partial charge in [0.2, 0.25) is 0 Å². The lowest BCUT2D eigenvalue weighted by atomic mass is 10.1. The highest BCUT2D eigenvalue weighted by molar-refractivity contribution is 5.69. The molecule has 1 fully saturated rings. The maximum Gasteiger partial charge on any atom is 0.305 e. The summed E-state index contributed by atoms with van der Waals surface area (Å²) in [5.41, 5.74) is 0. The van der Waals surface area contributed by atoms with E-state index in [1.807, 2.05) is 0 Å². The first kappa shape index (κ1) is 22.2. The molecular weight excluding hydrogens is 312 g/mol. The van der Waals surface area contributed by atoms with Crippen LogP contribution in [0.15, 0.2) is 12.2 Å². The average molecular weight is 353 g/mol. The maximum absolute atomic E-state index is 11.5. The molecule has 1 saturated heterocycles. The van der Waals surface area contributed by atoms with Gasteiger partial charge in [-0.25, -0.2) is 0 Å². The zero-order valence-corrected chi connectivity index (χ0v) is 16.5. The molecule has 0 bridgehead atoms. The molecule has 1 aliphatic rings. The molecule has 0 aromatic heterocycles. The summed E-state index contributed by atoms with van der Waals surface area (Å²) in [7, 11) is 0. The number of hydrogen-bond acceptors (Lipinski definition) is 3. The summed E-state index contributed by atoms with van der Waals surface area (Å²) in [6, 6.07) is 0. The van der Waals surface area contributed by atoms with Crippen LogP contribution in [0.2, 0.25) is 0 Å². The molecule has 0 aliphatic carbocycles. The molecule has 3 nitrogen and oxygen atoms in total. The number of esters is 1. The molecular formula is C22H40O3. The molecule has 1 rings (SSSR count). The quantitative estimate of drug-likeness (QED) is 0.177. The van der Waals surface area contributed by atoms with E-state index >= 15 is 0 Å². The van der Waals surface area contributed by atoms with E-state index in [1.54, 1.807) is 0 Å². The summed E-state index contributed by atoms with van der Waals surface area (Å²) < 4.78 is 10.3. The largest absolute Gasteiger partial charge is 0.465 e. The van der Waals surface area contributed by atoms with Crippen molar-refractivity contribution in [2.75, 3.05) is 19.8 Å². The summed E-state index contributed by atoms with van der Waals surface area (Å²) in [5.74, 6) is 0.405. The third-order valence-corrected chi connectivity index (χ3v) is 4.83. The van der Waals surface area contributed by atoms with Crippen molar-refractivity contribution < 1.29 is 14.3 Å². The van der Waals surface area contributed by atoms with Gasteiger partial charge in [0.05, 0.1) is 19.8 Å². The number of hydrogen-bond donors (Lipinski definition) is 0. The minimum atomic E-state index is -0.0375. The first-order valence-electron chi connectivity index (χ1n) is 10.7. The van der Waals surface area contributed by atoms with Crippen LogP contribution in [0.3, 0.4) is 0 Å². The lowest BCUT2D eigenvalue weighted by Gasteiger charge is -2.25. The van der Waals surface area contributed by atoms with Crippen molar-refractivity contribution in [3.05, 3.63) is 12.2 Å². The van der Waals surface area contributed by atoms with Crippen LogP contribution in [-0.4, -0.2) is 25.8 Å². The molecule has 146 valence electrons. The second-order valence-corrected chi connectivity index (χ2v) is 7.42. The fraction of sp³-hybridized carbons (Fsp3) is 0.864. The van der Waals surface area contributed by atoms with Crippen molar-refractivity contribution in [1.82, 2.24) is 0 Å². The molecule has 0 aromatic rings. The minimum absolute atomic E-state index is 0.0375. The predicted octanol–water partition coefficient (Wildman–Crippen LogP) is 6.21. The Morgan fingerprint density at radius 1 is 0.880 bits per heavy atom. The summed E-state index contributed by atoms with van der Waals surface area (Å²) in [4.78, 5) is 11.5. The number of allylic oxidation sites excluding steroid dienone is 2. The molecule has 0 saturated carbocycles. The van der Waals surface area contributed by atoms with Gasteiger partial charge >= 0.3 is 5.97 Å². The zero-order chi connectivity index (χ0) is 18.0. The SMILES string of the molecule is CCCCCCCC/C=C\CCCCCCCC(=O)OCC1COC1. The second-order valence-electron chi connectivity index (χ2n) is 7.42. The molecule has 25 heavy (non-hydrogen) atoms. The summed E-state index contributed by atoms with van der Waals surface area (Å²) in [6.45, 7) is 4.31. The lowest BCUT2D eigenvalue weighted by Crippen LogP contribution is -2.32. The van der Waals surface area contributed by atoms with Crippen molar-refractivity contribution in [3.63, 3.8) is 0 Å². The van der Waals surface area contributed by atoms with Gasteiger partial charge in [0, 0.05) is 12.3 Å². The number of unbranched alkanes of at least 4 members (excludes halogenated alkanes) is 11. The van der Waals surface area contributed by atoms with E-state index in [1.165, 1.54) is 70.6 Å². The first-order valence-corrected chi connectivity index (χ1v) is 10.7. The lowest BCUT2D eigenvalue weighted by molar-refractivity contribution is -0.150. The molecule has 0 N–H and O–H groups in total. The van der Waals surface area contributed by atoms with Gasteiger partial charge in [-0.3, -0.25) is 4.79 Å². The smallest absolute Gasteiger partial charge is 0.305 e. The Morgan fingerprint density at radius 3 is 2.00 bits per heavy atom. The van der Waals surface area contributed by atoms with Gasteiger partial charge in [0.15, 0.2) is 0 Å². The topological polar surface area (TPSA) is 35.5 Å². The predicted molar refractivity (Wildman–Crippen MR) is 105 cm³/mol. The summed E-state index contributed by atoms with van der Waals surface area (Å²) in [5, 5.41) is 0. The summed E-state index contributed by atoms with van der Waals surface area (Å²) >= 11 is 0. The molecule has 0 amide bonds. The third kappa shape index (κ3) is 14.1. The highest BCUT2D eigenvalue weighted by Crippen LogP contribution is 2.12. The highest BCUT2D eigenvalue weighted by atomic mass is 16.5. The van der Waals surface area contributed by atoms with E-state index in [0.717, 1.165) is 26.1 Å². The van der Waals surface area contributed by atoms with Crippen LogP contribution in [-0.2, 0) is 14.3 Å². The monoisotopic (exact) mass is 352 g/mol. The van der Waals surface area contributed by atoms with Gasteiger partial charge in [-0.2, -0.15) is 0 Å². The van der Waals surface area contributed by atoms with Crippen molar-refractivity contribution in [3.8, 4) is 0 Å². The molecule has 0 aromatic carbocycles. The minimum Gasteiger partial charge on any atom is -0.465 e. The Balaban J connectivity index is 1.73. The van der Waals surface area contributed by atoms with Crippen LogP contribution >= 0.6 is 0 Å². The first-order chi connectivity index (χ1) is 12.3. The van der Waals surface area contributed by atoms with Crippen LogP contribution in [0.25, 0.3) is 0 Å². The number of carbonyl (C=O) groups excluding carboxylic acids is 1. The Labute approximate surface area is 155 Å². The molecule has 0 unspecified atom stereocenters. The van der Waals surface area contributed by atoms with Gasteiger partial charge in [0.25, 0.3) is 0 Å². The van der Waals surface area contributed by atoms with Crippen LogP contribution in [0.1, 0.15) is 96.8 Å². The van der Waals surface area contributed by atoms with E-state index in [-0.39, 0.29) is 5.97 Å². The van der Waals surface area contributed by atoms with Gasteiger partial charge in [-0.1, -0.05) is 70.4 Å². The van der Waals surface area contributed by atoms with E-state index < -0.39 is 0 Å². The van der Waals surface area contributed by atoms with Gasteiger partial charge in [-0.05, 0) is 32.1 Å². The zero-order valence-electron chi connectivity index (χ0n) is 16.5. The molecule has 0 atom stereocenters. The van der Waals surface area contributed by atoms with Crippen LogP contribution in [0.4, 0.5) is 0 Å². The second kappa shape index (κ2) is 16.6. The Bertz CT molecular complexity index is 334. The number of rotatable bonds is 17. The number of ether oxygens (including phenoxy) is 2. The van der Waals surface area contributed by atoms with Crippen molar-refractivity contribution in [2.24, 2.45) is 5.92 Å².